The minimum Gasteiger partial charge on any atom is -0.477 e. The van der Waals surface area contributed by atoms with Crippen LogP contribution in [0.4, 0.5) is 5.69 Å². The number of carboxylic acid groups (broad SMARTS) is 1. The third kappa shape index (κ3) is 2.90. The van der Waals surface area contributed by atoms with Crippen molar-refractivity contribution in [3.63, 3.8) is 0 Å². The smallest absolute Gasteiger partial charge is 0.354 e. The van der Waals surface area contributed by atoms with Gasteiger partial charge < -0.3 is 15.8 Å². The number of pyridine rings is 1. The van der Waals surface area contributed by atoms with E-state index in [2.05, 4.69) is 15.0 Å². The Hall–Kier alpha value is -2.89. The molecule has 0 aliphatic rings. The van der Waals surface area contributed by atoms with Crippen molar-refractivity contribution in [1.29, 1.82) is 0 Å². The molecule has 0 atom stereocenters. The first-order valence-corrected chi connectivity index (χ1v) is 7.00. The van der Waals surface area contributed by atoms with Crippen LogP contribution in [0.3, 0.4) is 0 Å². The highest BCUT2D eigenvalue weighted by Gasteiger charge is 2.10. The van der Waals surface area contributed by atoms with Crippen LogP contribution in [-0.2, 0) is 0 Å². The second-order valence-electron chi connectivity index (χ2n) is 4.55. The number of benzene rings is 1. The number of aromatic amines is 1. The van der Waals surface area contributed by atoms with Gasteiger partial charge in [-0.15, -0.1) is 0 Å². The predicted molar refractivity (Wildman–Crippen MR) is 86.8 cm³/mol. The van der Waals surface area contributed by atoms with Crippen molar-refractivity contribution in [3.8, 4) is 11.4 Å². The van der Waals surface area contributed by atoms with Gasteiger partial charge in [-0.1, -0.05) is 13.8 Å². The number of carboxylic acids is 1. The summed E-state index contributed by atoms with van der Waals surface area (Å²) in [4.78, 5) is 22.3. The van der Waals surface area contributed by atoms with Crippen LogP contribution in [0, 0.1) is 6.92 Å². The Kier molecular flexibility index (Phi) is 4.41. The number of aromatic nitrogens is 3. The molecule has 4 N–H and O–H groups in total. The maximum Gasteiger partial charge on any atom is 0.354 e. The molecule has 3 rings (SSSR count). The molecule has 0 aliphatic heterocycles. The Bertz CT molecular complexity index is 824. The lowest BCUT2D eigenvalue weighted by atomic mass is 10.1. The minimum atomic E-state index is -1.07. The van der Waals surface area contributed by atoms with Crippen LogP contribution in [-0.4, -0.2) is 26.0 Å². The van der Waals surface area contributed by atoms with Gasteiger partial charge in [-0.3, -0.25) is 0 Å². The molecule has 3 aromatic rings. The highest BCUT2D eigenvalue weighted by molar-refractivity contribution is 5.90. The average molecular weight is 298 g/mol. The van der Waals surface area contributed by atoms with Gasteiger partial charge in [0.25, 0.3) is 0 Å². The van der Waals surface area contributed by atoms with Crippen LogP contribution in [0.25, 0.3) is 22.4 Å². The summed E-state index contributed by atoms with van der Waals surface area (Å²) in [7, 11) is 0. The molecule has 6 nitrogen and oxygen atoms in total. The van der Waals surface area contributed by atoms with Gasteiger partial charge in [0.1, 0.15) is 11.5 Å². The largest absolute Gasteiger partial charge is 0.477 e. The maximum absolute atomic E-state index is 10.9. The topological polar surface area (TPSA) is 105 Å². The average Bonchev–Trinajstić information content (AvgIpc) is 2.95. The van der Waals surface area contributed by atoms with Crippen molar-refractivity contribution in [2.24, 2.45) is 0 Å². The summed E-state index contributed by atoms with van der Waals surface area (Å²) in [6.45, 7) is 5.92. The van der Waals surface area contributed by atoms with Crippen LogP contribution in [0.2, 0.25) is 0 Å². The molecule has 2 aromatic heterocycles. The molecule has 114 valence electrons. The SMILES string of the molecule is CC.Cc1cc(-c2nc3cc(C(=O)O)ncc3[nH]2)ccc1N. The molecule has 0 spiro atoms. The van der Waals surface area contributed by atoms with Crippen LogP contribution in [0.1, 0.15) is 29.9 Å². The fraction of sp³-hybridized carbons (Fsp3) is 0.188. The minimum absolute atomic E-state index is 0.0240. The highest BCUT2D eigenvalue weighted by Crippen LogP contribution is 2.23. The Morgan fingerprint density at radius 3 is 2.64 bits per heavy atom. The molecule has 1 aromatic carbocycles. The third-order valence-corrected chi connectivity index (χ3v) is 3.13. The fourth-order valence-electron chi connectivity index (χ4n) is 1.99. The number of nitrogens with one attached hydrogen (secondary N) is 1. The first-order chi connectivity index (χ1) is 10.5. The van der Waals surface area contributed by atoms with E-state index < -0.39 is 5.97 Å². The molecule has 0 amide bonds. The van der Waals surface area contributed by atoms with E-state index in [4.69, 9.17) is 10.8 Å². The van der Waals surface area contributed by atoms with Gasteiger partial charge in [0, 0.05) is 11.3 Å². The highest BCUT2D eigenvalue weighted by atomic mass is 16.4. The van der Waals surface area contributed by atoms with Crippen LogP contribution < -0.4 is 5.73 Å². The van der Waals surface area contributed by atoms with E-state index in [1.54, 1.807) is 0 Å². The molecule has 6 heteroatoms. The van der Waals surface area contributed by atoms with E-state index in [1.807, 2.05) is 39.0 Å². The molecule has 0 aliphatic carbocycles. The quantitative estimate of drug-likeness (QED) is 0.630. The van der Waals surface area contributed by atoms with Gasteiger partial charge >= 0.3 is 5.97 Å². The Labute approximate surface area is 128 Å². The molecule has 0 radical (unpaired) electrons. The molecule has 2 heterocycles. The molecular weight excluding hydrogens is 280 g/mol. The maximum atomic E-state index is 10.9. The van der Waals surface area contributed by atoms with Gasteiger partial charge in [-0.2, -0.15) is 0 Å². The fourth-order valence-corrected chi connectivity index (χ4v) is 1.99. The van der Waals surface area contributed by atoms with Crippen molar-refractivity contribution < 1.29 is 9.90 Å². The summed E-state index contributed by atoms with van der Waals surface area (Å²) >= 11 is 0. The first kappa shape index (κ1) is 15.5. The number of anilines is 1. The number of aryl methyl sites for hydroxylation is 1. The lowest BCUT2D eigenvalue weighted by Crippen LogP contribution is -1.98. The monoisotopic (exact) mass is 298 g/mol. The van der Waals surface area contributed by atoms with Crippen LogP contribution in [0.5, 0.6) is 0 Å². The molecule has 22 heavy (non-hydrogen) atoms. The van der Waals surface area contributed by atoms with Gasteiger partial charge in [-0.05, 0) is 36.8 Å². The number of fused-ring (bicyclic) bond motifs is 1. The number of imidazole rings is 1. The van der Waals surface area contributed by atoms with Gasteiger partial charge in [0.05, 0.1) is 17.2 Å². The molecule has 0 fully saturated rings. The van der Waals surface area contributed by atoms with Crippen LogP contribution >= 0.6 is 0 Å². The van der Waals surface area contributed by atoms with Crippen molar-refractivity contribution in [2.45, 2.75) is 20.8 Å². The van der Waals surface area contributed by atoms with Crippen molar-refractivity contribution >= 4 is 22.7 Å². The summed E-state index contributed by atoms with van der Waals surface area (Å²) in [6, 6.07) is 7.06. The standard InChI is InChI=1S/C14H12N4O2.C2H6/c1-7-4-8(2-3-9(7)15)13-17-10-5-11(14(19)20)16-6-12(10)18-13;1-2/h2-6H,15H2,1H3,(H,17,18)(H,19,20);1-2H3. The predicted octanol–water partition coefficient (Wildman–Crippen LogP) is 3.24. The number of nitrogens with zero attached hydrogens (tertiary/aromatic N) is 2. The molecule has 0 saturated carbocycles. The normalized spacial score (nSPS) is 10.1. The zero-order valence-electron chi connectivity index (χ0n) is 12.7. The summed E-state index contributed by atoms with van der Waals surface area (Å²) in [5.41, 5.74) is 9.61. The van der Waals surface area contributed by atoms with E-state index in [-0.39, 0.29) is 5.69 Å². The van der Waals surface area contributed by atoms with E-state index in [0.29, 0.717) is 16.9 Å². The van der Waals surface area contributed by atoms with Crippen molar-refractivity contribution in [2.75, 3.05) is 5.73 Å². The van der Waals surface area contributed by atoms with E-state index in [9.17, 15) is 4.79 Å². The molecule has 0 saturated heterocycles. The van der Waals surface area contributed by atoms with Gasteiger partial charge in [0.2, 0.25) is 0 Å². The number of hydrogen-bond donors (Lipinski definition) is 3. The Balaban J connectivity index is 0.000000847. The second-order valence-corrected chi connectivity index (χ2v) is 4.55. The number of carbonyl (C=O) groups is 1. The Morgan fingerprint density at radius 2 is 2.00 bits per heavy atom. The zero-order chi connectivity index (χ0) is 16.3. The third-order valence-electron chi connectivity index (χ3n) is 3.13. The summed E-state index contributed by atoms with van der Waals surface area (Å²) in [5.74, 6) is -0.410. The number of nitrogens with two attached hydrogens (primary N) is 1. The summed E-state index contributed by atoms with van der Waals surface area (Å²) in [5, 5.41) is 8.92. The Morgan fingerprint density at radius 1 is 1.27 bits per heavy atom. The number of hydrogen-bond acceptors (Lipinski definition) is 4. The van der Waals surface area contributed by atoms with Gasteiger partial charge in [0.15, 0.2) is 0 Å². The van der Waals surface area contributed by atoms with Gasteiger partial charge in [-0.25, -0.2) is 14.8 Å². The summed E-state index contributed by atoms with van der Waals surface area (Å²) in [6.07, 6.45) is 1.47. The number of rotatable bonds is 2. The number of nitrogen functional groups attached to an aromatic ring is 1. The molecule has 0 bridgehead atoms. The molecular formula is C16H18N4O2. The number of H-pyrrole nitrogens is 1. The molecule has 0 unspecified atom stereocenters. The lowest BCUT2D eigenvalue weighted by molar-refractivity contribution is 0.0690. The van der Waals surface area contributed by atoms with E-state index >= 15 is 0 Å². The second kappa shape index (κ2) is 6.26. The zero-order valence-corrected chi connectivity index (χ0v) is 12.7. The van der Waals surface area contributed by atoms with Crippen molar-refractivity contribution in [1.82, 2.24) is 15.0 Å². The van der Waals surface area contributed by atoms with Crippen molar-refractivity contribution in [3.05, 3.63) is 41.7 Å². The first-order valence-electron chi connectivity index (χ1n) is 7.00. The van der Waals surface area contributed by atoms with Crippen LogP contribution in [0.15, 0.2) is 30.5 Å². The van der Waals surface area contributed by atoms with E-state index in [0.717, 1.165) is 16.8 Å². The number of aromatic carboxylic acids is 1. The lowest BCUT2D eigenvalue weighted by Gasteiger charge is -2.01. The van der Waals surface area contributed by atoms with E-state index in [1.165, 1.54) is 12.3 Å². The summed E-state index contributed by atoms with van der Waals surface area (Å²) < 4.78 is 0.